The molecule has 7 heteroatoms. The van der Waals surface area contributed by atoms with E-state index in [1.165, 1.54) is 0 Å². The highest BCUT2D eigenvalue weighted by Gasteiger charge is 2.28. The quantitative estimate of drug-likeness (QED) is 0.922. The number of carbonyl (C=O) groups is 1. The maximum atomic E-state index is 12.6. The Bertz CT molecular complexity index is 699. The fourth-order valence-electron chi connectivity index (χ4n) is 2.58. The fraction of sp³-hybridized carbons (Fsp3) is 0.438. The number of aryl methyl sites for hydroxylation is 1. The van der Waals surface area contributed by atoms with Gasteiger partial charge in [0.25, 0.3) is 0 Å². The first-order valence-corrected chi connectivity index (χ1v) is 7.71. The minimum absolute atomic E-state index is 0.0414. The van der Waals surface area contributed by atoms with E-state index in [1.807, 2.05) is 32.9 Å². The van der Waals surface area contributed by atoms with Gasteiger partial charge in [-0.2, -0.15) is 9.78 Å². The molecule has 2 amide bonds. The van der Waals surface area contributed by atoms with Gasteiger partial charge in [-0.1, -0.05) is 0 Å². The predicted octanol–water partition coefficient (Wildman–Crippen LogP) is 2.22. The van der Waals surface area contributed by atoms with Crippen LogP contribution in [0.15, 0.2) is 30.6 Å². The minimum Gasteiger partial charge on any atom is -0.375 e. The second-order valence-corrected chi connectivity index (χ2v) is 5.90. The van der Waals surface area contributed by atoms with E-state index in [2.05, 4.69) is 15.4 Å². The Labute approximate surface area is 135 Å². The molecule has 3 rings (SSSR count). The molecule has 0 radical (unpaired) electrons. The van der Waals surface area contributed by atoms with Crippen LogP contribution < -0.4 is 5.32 Å². The molecule has 2 unspecified atom stereocenters. The number of hydrogen-bond acceptors (Lipinski definition) is 4. The molecular formula is C16H21N5O2. The van der Waals surface area contributed by atoms with Crippen LogP contribution in [0.2, 0.25) is 0 Å². The van der Waals surface area contributed by atoms with Crippen LogP contribution in [-0.2, 0) is 4.74 Å². The van der Waals surface area contributed by atoms with Crippen LogP contribution in [0, 0.1) is 6.92 Å². The van der Waals surface area contributed by atoms with Crippen molar-refractivity contribution in [3.63, 3.8) is 0 Å². The van der Waals surface area contributed by atoms with E-state index in [1.54, 1.807) is 28.0 Å². The molecule has 1 aliphatic heterocycles. The summed E-state index contributed by atoms with van der Waals surface area (Å²) in [6.07, 6.45) is 3.41. The largest absolute Gasteiger partial charge is 0.375 e. The van der Waals surface area contributed by atoms with Gasteiger partial charge in [0.05, 0.1) is 24.9 Å². The lowest BCUT2D eigenvalue weighted by Gasteiger charge is -2.36. The summed E-state index contributed by atoms with van der Waals surface area (Å²) in [5.74, 6) is 1.27. The SMILES string of the molecule is Cc1ccnc(-n2nccc2NC(=O)N2CC(C)OCC2C)c1. The number of ether oxygens (including phenoxy) is 1. The van der Waals surface area contributed by atoms with Crippen molar-refractivity contribution in [3.05, 3.63) is 36.2 Å². The Morgan fingerprint density at radius 2 is 2.17 bits per heavy atom. The number of nitrogens with one attached hydrogen (secondary N) is 1. The molecule has 2 aromatic heterocycles. The molecule has 0 aromatic carbocycles. The van der Waals surface area contributed by atoms with Gasteiger partial charge in [-0.25, -0.2) is 9.78 Å². The molecule has 0 saturated carbocycles. The van der Waals surface area contributed by atoms with Gasteiger partial charge in [0, 0.05) is 18.8 Å². The van der Waals surface area contributed by atoms with Gasteiger partial charge < -0.3 is 9.64 Å². The summed E-state index contributed by atoms with van der Waals surface area (Å²) in [5.41, 5.74) is 1.08. The first-order valence-electron chi connectivity index (χ1n) is 7.71. The first kappa shape index (κ1) is 15.5. The van der Waals surface area contributed by atoms with Crippen LogP contribution in [0.1, 0.15) is 19.4 Å². The van der Waals surface area contributed by atoms with E-state index < -0.39 is 0 Å². The van der Waals surface area contributed by atoms with Gasteiger partial charge in [-0.05, 0) is 38.5 Å². The van der Waals surface area contributed by atoms with Crippen LogP contribution in [-0.4, -0.2) is 51.0 Å². The van der Waals surface area contributed by atoms with Crippen molar-refractivity contribution in [1.82, 2.24) is 19.7 Å². The zero-order valence-corrected chi connectivity index (χ0v) is 13.6. The van der Waals surface area contributed by atoms with E-state index in [4.69, 9.17) is 4.74 Å². The monoisotopic (exact) mass is 315 g/mol. The third kappa shape index (κ3) is 3.34. The highest BCUT2D eigenvalue weighted by Crippen LogP contribution is 2.17. The lowest BCUT2D eigenvalue weighted by molar-refractivity contribution is -0.0296. The maximum absolute atomic E-state index is 12.6. The molecule has 0 aliphatic carbocycles. The Morgan fingerprint density at radius 1 is 1.35 bits per heavy atom. The minimum atomic E-state index is -0.151. The van der Waals surface area contributed by atoms with Gasteiger partial charge in [0.1, 0.15) is 5.82 Å². The molecule has 0 spiro atoms. The van der Waals surface area contributed by atoms with E-state index in [0.717, 1.165) is 5.56 Å². The van der Waals surface area contributed by atoms with Gasteiger partial charge >= 0.3 is 6.03 Å². The third-order valence-electron chi connectivity index (χ3n) is 3.86. The Hall–Kier alpha value is -2.41. The number of urea groups is 1. The number of aromatic nitrogens is 3. The van der Waals surface area contributed by atoms with Gasteiger partial charge in [-0.15, -0.1) is 0 Å². The van der Waals surface area contributed by atoms with Gasteiger partial charge in [0.2, 0.25) is 0 Å². The van der Waals surface area contributed by atoms with Gasteiger partial charge in [-0.3, -0.25) is 5.32 Å². The second-order valence-electron chi connectivity index (χ2n) is 5.90. The van der Waals surface area contributed by atoms with Crippen molar-refractivity contribution in [2.75, 3.05) is 18.5 Å². The van der Waals surface area contributed by atoms with Crippen LogP contribution in [0.4, 0.5) is 10.6 Å². The Balaban J connectivity index is 1.79. The molecule has 122 valence electrons. The smallest absolute Gasteiger partial charge is 0.323 e. The third-order valence-corrected chi connectivity index (χ3v) is 3.86. The number of hydrogen-bond donors (Lipinski definition) is 1. The van der Waals surface area contributed by atoms with Gasteiger partial charge in [0.15, 0.2) is 5.82 Å². The zero-order chi connectivity index (χ0) is 16.4. The average Bonchev–Trinajstić information content (AvgIpc) is 2.97. The summed E-state index contributed by atoms with van der Waals surface area (Å²) in [4.78, 5) is 18.7. The topological polar surface area (TPSA) is 72.3 Å². The van der Waals surface area contributed by atoms with Crippen LogP contribution >= 0.6 is 0 Å². The first-order chi connectivity index (χ1) is 11.0. The molecule has 1 fully saturated rings. The van der Waals surface area contributed by atoms with Crippen molar-refractivity contribution >= 4 is 11.8 Å². The summed E-state index contributed by atoms with van der Waals surface area (Å²) in [6, 6.07) is 5.49. The fourth-order valence-corrected chi connectivity index (χ4v) is 2.58. The standard InChI is InChI=1S/C16H21N5O2/c1-11-4-6-17-15(8-11)21-14(5-7-18-21)19-16(22)20-9-13(3)23-10-12(20)2/h4-8,12-13H,9-10H2,1-3H3,(H,19,22). The average molecular weight is 315 g/mol. The summed E-state index contributed by atoms with van der Waals surface area (Å²) in [6.45, 7) is 7.05. The van der Waals surface area contributed by atoms with Crippen LogP contribution in [0.5, 0.6) is 0 Å². The Kier molecular flexibility index (Phi) is 4.29. The number of pyridine rings is 1. The number of carbonyl (C=O) groups excluding carboxylic acids is 1. The van der Waals surface area contributed by atoms with E-state index >= 15 is 0 Å². The lowest BCUT2D eigenvalue weighted by atomic mass is 10.2. The molecule has 2 atom stereocenters. The molecule has 1 N–H and O–H groups in total. The molecule has 7 nitrogen and oxygen atoms in total. The van der Waals surface area contributed by atoms with Crippen molar-refractivity contribution in [2.45, 2.75) is 32.9 Å². The van der Waals surface area contributed by atoms with Crippen LogP contribution in [0.25, 0.3) is 5.82 Å². The van der Waals surface area contributed by atoms with Crippen molar-refractivity contribution in [3.8, 4) is 5.82 Å². The number of amides is 2. The molecule has 0 bridgehead atoms. The summed E-state index contributed by atoms with van der Waals surface area (Å²) < 4.78 is 7.19. The molecule has 1 aliphatic rings. The normalized spacial score (nSPS) is 21.3. The highest BCUT2D eigenvalue weighted by molar-refractivity contribution is 5.89. The van der Waals surface area contributed by atoms with E-state index in [9.17, 15) is 4.79 Å². The summed E-state index contributed by atoms with van der Waals surface area (Å²) >= 11 is 0. The highest BCUT2D eigenvalue weighted by atomic mass is 16.5. The number of anilines is 1. The molecular weight excluding hydrogens is 294 g/mol. The number of nitrogens with zero attached hydrogens (tertiary/aromatic N) is 4. The summed E-state index contributed by atoms with van der Waals surface area (Å²) in [5, 5.41) is 7.18. The van der Waals surface area contributed by atoms with E-state index in [0.29, 0.717) is 24.8 Å². The van der Waals surface area contributed by atoms with Crippen molar-refractivity contribution in [2.24, 2.45) is 0 Å². The van der Waals surface area contributed by atoms with Crippen molar-refractivity contribution < 1.29 is 9.53 Å². The predicted molar refractivity (Wildman–Crippen MR) is 86.7 cm³/mol. The molecule has 1 saturated heterocycles. The number of morpholine rings is 1. The molecule has 3 heterocycles. The summed E-state index contributed by atoms with van der Waals surface area (Å²) in [7, 11) is 0. The Morgan fingerprint density at radius 3 is 2.96 bits per heavy atom. The zero-order valence-electron chi connectivity index (χ0n) is 13.6. The van der Waals surface area contributed by atoms with Crippen molar-refractivity contribution in [1.29, 1.82) is 0 Å². The van der Waals surface area contributed by atoms with E-state index in [-0.39, 0.29) is 18.2 Å². The molecule has 23 heavy (non-hydrogen) atoms. The number of rotatable bonds is 2. The van der Waals surface area contributed by atoms with Crippen LogP contribution in [0.3, 0.4) is 0 Å². The maximum Gasteiger partial charge on any atom is 0.323 e. The molecule has 2 aromatic rings. The second kappa shape index (κ2) is 6.37. The lowest BCUT2D eigenvalue weighted by Crippen LogP contribution is -2.51.